The number of phenolic OH excluding ortho intramolecular Hbond substituents is 1. The fourth-order valence-corrected chi connectivity index (χ4v) is 4.08. The van der Waals surface area contributed by atoms with Gasteiger partial charge in [-0.25, -0.2) is 8.42 Å². The number of benzene rings is 3. The van der Waals surface area contributed by atoms with Crippen LogP contribution in [0.5, 0.6) is 11.5 Å². The van der Waals surface area contributed by atoms with Gasteiger partial charge in [-0.3, -0.25) is 9.52 Å². The molecule has 0 heterocycles. The molecule has 0 atom stereocenters. The molecule has 0 aromatic heterocycles. The number of alkyl halides is 3. The number of aromatic hydroxyl groups is 1. The molecule has 212 valence electrons. The minimum Gasteiger partial charge on any atom is -0.506 e. The number of nitrogens with zero attached hydrogens (tertiary/aromatic N) is 1. The van der Waals surface area contributed by atoms with Gasteiger partial charge in [0.1, 0.15) is 11.5 Å². The van der Waals surface area contributed by atoms with Crippen molar-refractivity contribution in [1.82, 2.24) is 4.90 Å². The summed E-state index contributed by atoms with van der Waals surface area (Å²) in [5.41, 5.74) is 0.569. The summed E-state index contributed by atoms with van der Waals surface area (Å²) in [5, 5.41) is 12.6. The van der Waals surface area contributed by atoms with Crippen LogP contribution in [0.25, 0.3) is 11.1 Å². The van der Waals surface area contributed by atoms with Gasteiger partial charge >= 0.3 is 6.18 Å². The highest BCUT2D eigenvalue weighted by atomic mass is 35.5. The smallest absolute Gasteiger partial charge is 0.416 e. The first-order chi connectivity index (χ1) is 17.7. The predicted molar refractivity (Wildman–Crippen MR) is 147 cm³/mol. The molecule has 0 aliphatic carbocycles. The van der Waals surface area contributed by atoms with E-state index in [4.69, 9.17) is 4.74 Å². The zero-order valence-electron chi connectivity index (χ0n) is 21.4. The molecule has 0 saturated heterocycles. The van der Waals surface area contributed by atoms with Gasteiger partial charge in [-0.2, -0.15) is 13.2 Å². The molecule has 0 unspecified atom stereocenters. The largest absolute Gasteiger partial charge is 0.506 e. The van der Waals surface area contributed by atoms with E-state index in [1.54, 1.807) is 12.1 Å². The quantitative estimate of drug-likeness (QED) is 0.165. The molecule has 0 aliphatic rings. The Balaban J connectivity index is 0.00000533. The second-order valence-corrected chi connectivity index (χ2v) is 10.6. The zero-order chi connectivity index (χ0) is 28.1. The second kappa shape index (κ2) is 13.0. The molecule has 3 rings (SSSR count). The van der Waals surface area contributed by atoms with Crippen LogP contribution in [0.2, 0.25) is 0 Å². The molecule has 0 spiro atoms. The highest BCUT2D eigenvalue weighted by Gasteiger charge is 2.30. The zero-order valence-corrected chi connectivity index (χ0v) is 23.0. The SMILES string of the molecule is CN(C)CCCOc1cc(-c2ccc(C(F)(F)F)cc2)ccc1C(=O)Nc1ccc(O)c(NS(C)(=O)=O)c1.Cl. The Morgan fingerprint density at radius 3 is 2.23 bits per heavy atom. The van der Waals surface area contributed by atoms with Crippen LogP contribution in [0.3, 0.4) is 0 Å². The summed E-state index contributed by atoms with van der Waals surface area (Å²) >= 11 is 0. The van der Waals surface area contributed by atoms with Crippen molar-refractivity contribution in [2.75, 3.05) is 43.5 Å². The molecule has 13 heteroatoms. The number of amides is 1. The Labute approximate surface area is 231 Å². The average Bonchev–Trinajstić information content (AvgIpc) is 2.82. The van der Waals surface area contributed by atoms with Crippen LogP contribution in [0.1, 0.15) is 22.3 Å². The summed E-state index contributed by atoms with van der Waals surface area (Å²) in [5.74, 6) is -0.659. The van der Waals surface area contributed by atoms with Gasteiger partial charge in [0.15, 0.2) is 0 Å². The van der Waals surface area contributed by atoms with Crippen molar-refractivity contribution in [3.63, 3.8) is 0 Å². The van der Waals surface area contributed by atoms with Crippen LogP contribution in [0.4, 0.5) is 24.5 Å². The van der Waals surface area contributed by atoms with Gasteiger partial charge in [0, 0.05) is 12.2 Å². The molecule has 0 fully saturated rings. The molecule has 0 aliphatic heterocycles. The Kier molecular flexibility index (Phi) is 10.6. The van der Waals surface area contributed by atoms with Crippen LogP contribution in [0, 0.1) is 0 Å². The van der Waals surface area contributed by atoms with Crippen molar-refractivity contribution in [3.8, 4) is 22.6 Å². The second-order valence-electron chi connectivity index (χ2n) is 8.85. The molecule has 39 heavy (non-hydrogen) atoms. The molecule has 3 aromatic rings. The number of carbonyl (C=O) groups excluding carboxylic acids is 1. The number of phenols is 1. The summed E-state index contributed by atoms with van der Waals surface area (Å²) in [6, 6.07) is 13.2. The van der Waals surface area contributed by atoms with E-state index < -0.39 is 27.7 Å². The Bertz CT molecular complexity index is 1400. The molecular weight excluding hydrogens is 559 g/mol. The molecular formula is C26H29ClF3N3O5S. The van der Waals surface area contributed by atoms with Gasteiger partial charge in [-0.15, -0.1) is 12.4 Å². The number of rotatable bonds is 10. The first-order valence-corrected chi connectivity index (χ1v) is 13.3. The number of anilines is 2. The summed E-state index contributed by atoms with van der Waals surface area (Å²) in [6.45, 7) is 1.03. The summed E-state index contributed by atoms with van der Waals surface area (Å²) in [4.78, 5) is 15.1. The third kappa shape index (κ3) is 9.34. The minimum absolute atomic E-state index is 0. The van der Waals surface area contributed by atoms with E-state index in [-0.39, 0.29) is 47.5 Å². The fraction of sp³-hybridized carbons (Fsp3) is 0.269. The van der Waals surface area contributed by atoms with Gasteiger partial charge in [0.2, 0.25) is 10.0 Å². The van der Waals surface area contributed by atoms with E-state index in [1.807, 2.05) is 19.0 Å². The summed E-state index contributed by atoms with van der Waals surface area (Å²) in [7, 11) is 0.149. The maximum absolute atomic E-state index is 13.1. The van der Waals surface area contributed by atoms with Gasteiger partial charge in [0.05, 0.1) is 29.7 Å². The maximum atomic E-state index is 13.1. The van der Waals surface area contributed by atoms with Gasteiger partial charge in [0.25, 0.3) is 5.91 Å². The van der Waals surface area contributed by atoms with E-state index in [0.717, 1.165) is 24.9 Å². The van der Waals surface area contributed by atoms with Crippen molar-refractivity contribution in [1.29, 1.82) is 0 Å². The van der Waals surface area contributed by atoms with E-state index in [2.05, 4.69) is 10.0 Å². The van der Waals surface area contributed by atoms with Crippen molar-refractivity contribution in [2.45, 2.75) is 12.6 Å². The maximum Gasteiger partial charge on any atom is 0.416 e. The molecule has 3 aromatic carbocycles. The molecule has 1 amide bonds. The highest BCUT2D eigenvalue weighted by Crippen LogP contribution is 2.33. The molecule has 3 N–H and O–H groups in total. The first-order valence-electron chi connectivity index (χ1n) is 11.4. The van der Waals surface area contributed by atoms with E-state index >= 15 is 0 Å². The Morgan fingerprint density at radius 1 is 1.00 bits per heavy atom. The van der Waals surface area contributed by atoms with Crippen molar-refractivity contribution < 1.29 is 36.2 Å². The molecule has 0 saturated carbocycles. The number of carbonyl (C=O) groups is 1. The predicted octanol–water partition coefficient (Wildman–Crippen LogP) is 5.45. The van der Waals surface area contributed by atoms with Crippen LogP contribution in [-0.4, -0.2) is 57.8 Å². The van der Waals surface area contributed by atoms with E-state index in [1.165, 1.54) is 36.4 Å². The van der Waals surface area contributed by atoms with Crippen LogP contribution in [-0.2, 0) is 16.2 Å². The topological polar surface area (TPSA) is 108 Å². The van der Waals surface area contributed by atoms with Crippen LogP contribution in [0.15, 0.2) is 60.7 Å². The Hall–Kier alpha value is -3.48. The summed E-state index contributed by atoms with van der Waals surface area (Å²) < 4.78 is 70.0. The highest BCUT2D eigenvalue weighted by molar-refractivity contribution is 7.92. The standard InChI is InChI=1S/C26H28F3N3O5S.ClH/c1-32(2)13-4-14-37-24-15-18(17-5-8-19(9-6-17)26(27,28)29)7-11-21(24)25(34)30-20-10-12-23(33)22(16-20)31-38(3,35)36;/h5-12,15-16,31,33H,4,13-14H2,1-3H3,(H,30,34);1H. The van der Waals surface area contributed by atoms with E-state index in [9.17, 15) is 31.5 Å². The van der Waals surface area contributed by atoms with E-state index in [0.29, 0.717) is 17.5 Å². The lowest BCUT2D eigenvalue weighted by molar-refractivity contribution is -0.137. The molecule has 0 radical (unpaired) electrons. The third-order valence-electron chi connectivity index (χ3n) is 5.33. The monoisotopic (exact) mass is 587 g/mol. The third-order valence-corrected chi connectivity index (χ3v) is 5.92. The average molecular weight is 588 g/mol. The number of halogens is 4. The summed E-state index contributed by atoms with van der Waals surface area (Å²) in [6.07, 6.45) is -2.86. The molecule has 0 bridgehead atoms. The van der Waals surface area contributed by atoms with Gasteiger partial charge < -0.3 is 20.1 Å². The number of nitrogens with one attached hydrogen (secondary N) is 2. The number of ether oxygens (including phenoxy) is 1. The molecule has 8 nitrogen and oxygen atoms in total. The minimum atomic E-state index is -4.45. The van der Waals surface area contributed by atoms with Gasteiger partial charge in [-0.1, -0.05) is 18.2 Å². The lowest BCUT2D eigenvalue weighted by Gasteiger charge is -2.16. The number of hydrogen-bond donors (Lipinski definition) is 3. The number of sulfonamides is 1. The van der Waals surface area contributed by atoms with Crippen molar-refractivity contribution in [2.24, 2.45) is 0 Å². The van der Waals surface area contributed by atoms with Crippen LogP contribution < -0.4 is 14.8 Å². The van der Waals surface area contributed by atoms with Crippen molar-refractivity contribution in [3.05, 3.63) is 71.8 Å². The normalized spacial score (nSPS) is 11.6. The lowest BCUT2D eigenvalue weighted by Crippen LogP contribution is -2.17. The lowest BCUT2D eigenvalue weighted by atomic mass is 10.0. The first kappa shape index (κ1) is 31.7. The number of hydrogen-bond acceptors (Lipinski definition) is 6. The van der Waals surface area contributed by atoms with Crippen molar-refractivity contribution >= 4 is 39.7 Å². The van der Waals surface area contributed by atoms with Crippen LogP contribution >= 0.6 is 12.4 Å². The Morgan fingerprint density at radius 2 is 1.64 bits per heavy atom. The van der Waals surface area contributed by atoms with Gasteiger partial charge in [-0.05, 0) is 74.1 Å². The fourth-order valence-electron chi connectivity index (χ4n) is 3.52.